The first-order valence-electron chi connectivity index (χ1n) is 8.73. The lowest BCUT2D eigenvalue weighted by molar-refractivity contribution is -0.119. The van der Waals surface area contributed by atoms with Gasteiger partial charge in [-0.25, -0.2) is 12.8 Å². The number of carbonyl (C=O) groups is 1. The van der Waals surface area contributed by atoms with E-state index in [1.807, 2.05) is 6.07 Å². The number of halogens is 2. The van der Waals surface area contributed by atoms with E-state index in [1.54, 1.807) is 36.4 Å². The number of sulfone groups is 1. The Morgan fingerprint density at radius 1 is 1.24 bits per heavy atom. The van der Waals surface area contributed by atoms with Gasteiger partial charge in [-0.2, -0.15) is 4.99 Å². The molecule has 4 rings (SSSR count). The maximum atomic E-state index is 14.6. The number of thioether (sulfide) groups is 1. The molecule has 1 amide bonds. The first kappa shape index (κ1) is 20.4. The summed E-state index contributed by atoms with van der Waals surface area (Å²) in [6, 6.07) is 12.9. The molecule has 0 radical (unpaired) electrons. The minimum absolute atomic E-state index is 0.0231. The quantitative estimate of drug-likeness (QED) is 0.643. The molecule has 0 saturated carbocycles. The highest BCUT2D eigenvalue weighted by molar-refractivity contribution is 9.10. The van der Waals surface area contributed by atoms with Gasteiger partial charge < -0.3 is 9.64 Å². The predicted molar refractivity (Wildman–Crippen MR) is 115 cm³/mol. The van der Waals surface area contributed by atoms with E-state index in [9.17, 15) is 17.6 Å². The molecule has 6 nitrogen and oxygen atoms in total. The van der Waals surface area contributed by atoms with Crippen molar-refractivity contribution in [1.82, 2.24) is 0 Å². The topological polar surface area (TPSA) is 76.0 Å². The number of anilines is 1. The van der Waals surface area contributed by atoms with Crippen molar-refractivity contribution in [3.8, 4) is 5.75 Å². The van der Waals surface area contributed by atoms with Gasteiger partial charge in [-0.05, 0) is 30.3 Å². The summed E-state index contributed by atoms with van der Waals surface area (Å²) < 4.78 is 44.8. The maximum Gasteiger partial charge on any atom is 0.285 e. The summed E-state index contributed by atoms with van der Waals surface area (Å²) in [5.41, 5.74) is 0.195. The zero-order chi connectivity index (χ0) is 20.6. The lowest BCUT2D eigenvalue weighted by Crippen LogP contribution is -2.38. The Hall–Kier alpha value is -1.91. The van der Waals surface area contributed by atoms with Crippen molar-refractivity contribution in [1.29, 1.82) is 0 Å². The zero-order valence-corrected chi connectivity index (χ0v) is 18.2. The second-order valence-electron chi connectivity index (χ2n) is 6.66. The summed E-state index contributed by atoms with van der Waals surface area (Å²) in [6.07, 6.45) is 0. The molecular formula is C19H16BrFN2O4S2. The number of para-hydroxylation sites is 1. The van der Waals surface area contributed by atoms with Crippen molar-refractivity contribution in [3.63, 3.8) is 0 Å². The van der Waals surface area contributed by atoms with Crippen LogP contribution in [0.4, 0.5) is 10.1 Å². The van der Waals surface area contributed by atoms with Gasteiger partial charge in [-0.3, -0.25) is 4.79 Å². The Kier molecular flexibility index (Phi) is 5.67. The van der Waals surface area contributed by atoms with Crippen LogP contribution < -0.4 is 9.64 Å². The van der Waals surface area contributed by atoms with Crippen molar-refractivity contribution in [2.24, 2.45) is 4.99 Å². The van der Waals surface area contributed by atoms with Crippen molar-refractivity contribution >= 4 is 54.3 Å². The van der Waals surface area contributed by atoms with Crippen LogP contribution in [0.2, 0.25) is 0 Å². The third-order valence-electron chi connectivity index (χ3n) is 4.56. The number of amides is 1. The number of ether oxygens (including phenoxy) is 1. The highest BCUT2D eigenvalue weighted by atomic mass is 79.9. The number of aliphatic imine (C=N–C) groups is 1. The Balaban J connectivity index is 1.60. The second kappa shape index (κ2) is 8.08. The molecule has 0 N–H and O–H groups in total. The molecule has 152 valence electrons. The van der Waals surface area contributed by atoms with Crippen molar-refractivity contribution < 1.29 is 22.3 Å². The van der Waals surface area contributed by atoms with Gasteiger partial charge in [-0.1, -0.05) is 45.9 Å². The van der Waals surface area contributed by atoms with E-state index in [0.29, 0.717) is 10.2 Å². The number of rotatable bonds is 4. The van der Waals surface area contributed by atoms with Crippen LogP contribution >= 0.6 is 27.7 Å². The Morgan fingerprint density at radius 3 is 2.72 bits per heavy atom. The van der Waals surface area contributed by atoms with Gasteiger partial charge in [0.25, 0.3) is 5.91 Å². The SMILES string of the molecule is O=C(COc1ccccc1)N=C1S[C@H]2CS(=O)(=O)C[C@H]2N1c1ccc(Br)cc1F. The maximum absolute atomic E-state index is 14.6. The van der Waals surface area contributed by atoms with Crippen LogP contribution in [0.1, 0.15) is 0 Å². The summed E-state index contributed by atoms with van der Waals surface area (Å²) in [5.74, 6) is -0.635. The molecular weight excluding hydrogens is 483 g/mol. The van der Waals surface area contributed by atoms with Crippen molar-refractivity contribution in [2.75, 3.05) is 23.0 Å². The molecule has 2 aromatic rings. The highest BCUT2D eigenvalue weighted by Gasteiger charge is 2.50. The van der Waals surface area contributed by atoms with Gasteiger partial charge in [0.05, 0.1) is 23.2 Å². The number of benzene rings is 2. The predicted octanol–water partition coefficient (Wildman–Crippen LogP) is 3.27. The van der Waals surface area contributed by atoms with E-state index in [-0.39, 0.29) is 34.2 Å². The fourth-order valence-electron chi connectivity index (χ4n) is 3.32. The van der Waals surface area contributed by atoms with Crippen molar-refractivity contribution in [2.45, 2.75) is 11.3 Å². The van der Waals surface area contributed by atoms with Gasteiger partial charge in [0.1, 0.15) is 11.6 Å². The van der Waals surface area contributed by atoms with Gasteiger partial charge in [0, 0.05) is 9.72 Å². The van der Waals surface area contributed by atoms with Gasteiger partial charge >= 0.3 is 0 Å². The Morgan fingerprint density at radius 2 is 2.00 bits per heavy atom. The lowest BCUT2D eigenvalue weighted by Gasteiger charge is -2.25. The molecule has 10 heteroatoms. The number of hydrogen-bond acceptors (Lipinski definition) is 5. The standard InChI is InChI=1S/C19H16BrFN2O4S2/c20-12-6-7-15(14(21)8-12)23-16-10-29(25,26)11-17(16)28-19(23)22-18(24)9-27-13-4-2-1-3-5-13/h1-8,16-17H,9-11H2/t16-,17+/m1/s1. The summed E-state index contributed by atoms with van der Waals surface area (Å²) in [5, 5.41) is -0.0116. The van der Waals surface area contributed by atoms with Crippen LogP contribution in [0.15, 0.2) is 58.0 Å². The molecule has 2 heterocycles. The average molecular weight is 499 g/mol. The van der Waals surface area contributed by atoms with Crippen LogP contribution in [0.3, 0.4) is 0 Å². The third kappa shape index (κ3) is 4.49. The minimum atomic E-state index is -3.22. The van der Waals surface area contributed by atoms with Crippen LogP contribution in [-0.4, -0.2) is 48.9 Å². The minimum Gasteiger partial charge on any atom is -0.484 e. The van der Waals surface area contributed by atoms with E-state index in [4.69, 9.17) is 4.74 Å². The van der Waals surface area contributed by atoms with E-state index in [1.165, 1.54) is 22.7 Å². The number of amidine groups is 1. The number of nitrogens with zero attached hydrogens (tertiary/aromatic N) is 2. The molecule has 2 aliphatic rings. The molecule has 0 spiro atoms. The van der Waals surface area contributed by atoms with Gasteiger partial charge in [-0.15, -0.1) is 0 Å². The van der Waals surface area contributed by atoms with E-state index < -0.39 is 27.6 Å². The van der Waals surface area contributed by atoms with Crippen LogP contribution in [-0.2, 0) is 14.6 Å². The monoisotopic (exact) mass is 498 g/mol. The zero-order valence-electron chi connectivity index (χ0n) is 15.0. The van der Waals surface area contributed by atoms with E-state index in [0.717, 1.165) is 0 Å². The molecule has 2 saturated heterocycles. The second-order valence-corrected chi connectivity index (χ2v) is 10.9. The molecule has 0 unspecified atom stereocenters. The molecule has 29 heavy (non-hydrogen) atoms. The van der Waals surface area contributed by atoms with Crippen LogP contribution in [0.5, 0.6) is 5.75 Å². The molecule has 2 fully saturated rings. The average Bonchev–Trinajstić information content (AvgIpc) is 3.12. The van der Waals surface area contributed by atoms with Crippen LogP contribution in [0.25, 0.3) is 0 Å². The Labute approximate surface area is 180 Å². The summed E-state index contributed by atoms with van der Waals surface area (Å²) >= 11 is 4.41. The normalized spacial score (nSPS) is 23.9. The molecule has 0 bridgehead atoms. The first-order valence-corrected chi connectivity index (χ1v) is 12.2. The smallest absolute Gasteiger partial charge is 0.285 e. The molecule has 2 aromatic carbocycles. The summed E-state index contributed by atoms with van der Waals surface area (Å²) in [4.78, 5) is 18.0. The van der Waals surface area contributed by atoms with E-state index in [2.05, 4.69) is 20.9 Å². The fourth-order valence-corrected chi connectivity index (χ4v) is 7.58. The first-order chi connectivity index (χ1) is 13.8. The summed E-state index contributed by atoms with van der Waals surface area (Å²) in [7, 11) is -3.22. The Bertz CT molecular complexity index is 1080. The summed E-state index contributed by atoms with van der Waals surface area (Å²) in [6.45, 7) is -0.266. The molecule has 2 atom stereocenters. The third-order valence-corrected chi connectivity index (χ3v) is 8.26. The molecule has 0 aromatic heterocycles. The van der Waals surface area contributed by atoms with Gasteiger partial charge in [0.15, 0.2) is 21.6 Å². The van der Waals surface area contributed by atoms with E-state index >= 15 is 0 Å². The fraction of sp³-hybridized carbons (Fsp3) is 0.263. The lowest BCUT2D eigenvalue weighted by atomic mass is 10.2. The van der Waals surface area contributed by atoms with Gasteiger partial charge in [0.2, 0.25) is 0 Å². The van der Waals surface area contributed by atoms with Crippen molar-refractivity contribution in [3.05, 3.63) is 58.8 Å². The number of fused-ring (bicyclic) bond motifs is 1. The van der Waals surface area contributed by atoms with Crippen LogP contribution in [0, 0.1) is 5.82 Å². The highest BCUT2D eigenvalue weighted by Crippen LogP contribution is 2.42. The molecule has 0 aliphatic carbocycles. The largest absolute Gasteiger partial charge is 0.484 e. The number of carbonyl (C=O) groups excluding carboxylic acids is 1. The molecule has 2 aliphatic heterocycles. The number of hydrogen-bond donors (Lipinski definition) is 0.